The number of aromatic carboxylic acids is 1. The Balaban J connectivity index is 2.54. The molecule has 0 aliphatic rings. The minimum absolute atomic E-state index is 0.334. The zero-order valence-corrected chi connectivity index (χ0v) is 12.1. The molecule has 0 atom stereocenters. The molecule has 20 heavy (non-hydrogen) atoms. The summed E-state index contributed by atoms with van der Waals surface area (Å²) in [6.07, 6.45) is 0.925. The zero-order chi connectivity index (χ0) is 14.3. The van der Waals surface area contributed by atoms with Crippen molar-refractivity contribution in [2.24, 2.45) is 0 Å². The average Bonchev–Trinajstić information content (AvgIpc) is 2.85. The van der Waals surface area contributed by atoms with Gasteiger partial charge in [0.15, 0.2) is 0 Å². The second-order valence-corrected chi connectivity index (χ2v) is 5.59. The maximum Gasteiger partial charge on any atom is 0.336 e. The van der Waals surface area contributed by atoms with E-state index in [2.05, 4.69) is 13.0 Å². The van der Waals surface area contributed by atoms with Gasteiger partial charge in [-0.25, -0.2) is 4.79 Å². The van der Waals surface area contributed by atoms with Gasteiger partial charge in [0.2, 0.25) is 0 Å². The number of hydrogen-bond donors (Lipinski definition) is 1. The molecule has 0 aliphatic carbocycles. The summed E-state index contributed by atoms with van der Waals surface area (Å²) in [7, 11) is 1.61. The van der Waals surface area contributed by atoms with E-state index >= 15 is 0 Å². The monoisotopic (exact) mass is 286 g/mol. The number of carbonyl (C=O) groups is 1. The first-order valence-corrected chi connectivity index (χ1v) is 7.23. The van der Waals surface area contributed by atoms with Gasteiger partial charge in [0.05, 0.1) is 17.4 Å². The van der Waals surface area contributed by atoms with Crippen LogP contribution in [0.25, 0.3) is 20.2 Å². The maximum absolute atomic E-state index is 11.5. The van der Waals surface area contributed by atoms with E-state index in [1.807, 2.05) is 12.1 Å². The standard InChI is InChI=1S/C16H14O3S/c1-3-9-5-4-6-10-13-11(16(17)18)7-8-12(19-2)15(13)20-14(9)10/h4-8H,3H2,1-2H3,(H,17,18). The predicted molar refractivity (Wildman–Crippen MR) is 82.2 cm³/mol. The van der Waals surface area contributed by atoms with Crippen LogP contribution in [0.2, 0.25) is 0 Å². The van der Waals surface area contributed by atoms with Gasteiger partial charge in [-0.3, -0.25) is 0 Å². The molecular weight excluding hydrogens is 272 g/mol. The molecule has 0 saturated carbocycles. The van der Waals surface area contributed by atoms with Gasteiger partial charge in [0, 0.05) is 15.5 Å². The second kappa shape index (κ2) is 4.80. The van der Waals surface area contributed by atoms with Crippen LogP contribution in [0.15, 0.2) is 30.3 Å². The van der Waals surface area contributed by atoms with Crippen LogP contribution >= 0.6 is 11.3 Å². The van der Waals surface area contributed by atoms with Crippen LogP contribution in [-0.4, -0.2) is 18.2 Å². The lowest BCUT2D eigenvalue weighted by Crippen LogP contribution is -1.97. The molecule has 2 aromatic carbocycles. The Morgan fingerprint density at radius 1 is 1.25 bits per heavy atom. The van der Waals surface area contributed by atoms with E-state index in [0.29, 0.717) is 5.56 Å². The van der Waals surface area contributed by atoms with Gasteiger partial charge in [0.1, 0.15) is 5.75 Å². The number of benzene rings is 2. The van der Waals surface area contributed by atoms with E-state index in [9.17, 15) is 9.90 Å². The fourth-order valence-corrected chi connectivity index (χ4v) is 3.96. The van der Waals surface area contributed by atoms with Gasteiger partial charge in [-0.1, -0.05) is 25.1 Å². The van der Waals surface area contributed by atoms with Gasteiger partial charge in [-0.15, -0.1) is 11.3 Å². The minimum Gasteiger partial charge on any atom is -0.495 e. The van der Waals surface area contributed by atoms with Crippen molar-refractivity contribution in [3.8, 4) is 5.75 Å². The van der Waals surface area contributed by atoms with Crippen molar-refractivity contribution < 1.29 is 14.6 Å². The fraction of sp³-hybridized carbons (Fsp3) is 0.188. The average molecular weight is 286 g/mol. The van der Waals surface area contributed by atoms with Gasteiger partial charge >= 0.3 is 5.97 Å². The molecule has 0 amide bonds. The van der Waals surface area contributed by atoms with Crippen LogP contribution in [0.4, 0.5) is 0 Å². The Morgan fingerprint density at radius 3 is 2.70 bits per heavy atom. The highest BCUT2D eigenvalue weighted by Crippen LogP contribution is 2.42. The molecule has 1 heterocycles. The van der Waals surface area contributed by atoms with Gasteiger partial charge in [-0.05, 0) is 24.1 Å². The van der Waals surface area contributed by atoms with Crippen LogP contribution in [0.3, 0.4) is 0 Å². The third-order valence-electron chi connectivity index (χ3n) is 3.52. The first-order valence-electron chi connectivity index (χ1n) is 6.41. The van der Waals surface area contributed by atoms with Crippen LogP contribution in [0, 0.1) is 0 Å². The molecule has 0 unspecified atom stereocenters. The smallest absolute Gasteiger partial charge is 0.336 e. The van der Waals surface area contributed by atoms with E-state index < -0.39 is 5.97 Å². The molecule has 0 fully saturated rings. The van der Waals surface area contributed by atoms with Gasteiger partial charge in [0.25, 0.3) is 0 Å². The Bertz CT molecular complexity index is 817. The van der Waals surface area contributed by atoms with Crippen LogP contribution in [0.5, 0.6) is 5.75 Å². The van der Waals surface area contributed by atoms with Crippen molar-refractivity contribution in [3.05, 3.63) is 41.5 Å². The molecule has 0 spiro atoms. The maximum atomic E-state index is 11.5. The van der Waals surface area contributed by atoms with Crippen LogP contribution in [-0.2, 0) is 6.42 Å². The highest BCUT2D eigenvalue weighted by Gasteiger charge is 2.18. The number of ether oxygens (including phenoxy) is 1. The predicted octanol–water partition coefficient (Wildman–Crippen LogP) is 4.32. The molecule has 3 nitrogen and oxygen atoms in total. The number of carboxylic acid groups (broad SMARTS) is 1. The molecule has 3 rings (SSSR count). The van der Waals surface area contributed by atoms with E-state index in [0.717, 1.165) is 32.3 Å². The van der Waals surface area contributed by atoms with Crippen molar-refractivity contribution >= 4 is 37.5 Å². The molecule has 0 aliphatic heterocycles. The summed E-state index contributed by atoms with van der Waals surface area (Å²) in [4.78, 5) is 11.5. The first kappa shape index (κ1) is 12.9. The Kier molecular flexibility index (Phi) is 3.10. The minimum atomic E-state index is -0.903. The third kappa shape index (κ3) is 1.76. The molecule has 1 N–H and O–H groups in total. The SMILES string of the molecule is CCc1cccc2c1sc1c(OC)ccc(C(=O)O)c12. The lowest BCUT2D eigenvalue weighted by atomic mass is 10.0. The zero-order valence-electron chi connectivity index (χ0n) is 11.3. The number of thiophene rings is 1. The number of hydrogen-bond acceptors (Lipinski definition) is 3. The Labute approximate surface area is 120 Å². The van der Waals surface area contributed by atoms with Crippen molar-refractivity contribution in [2.75, 3.05) is 7.11 Å². The fourth-order valence-electron chi connectivity index (χ4n) is 2.55. The summed E-state index contributed by atoms with van der Waals surface area (Å²) < 4.78 is 7.44. The van der Waals surface area contributed by atoms with Crippen LogP contribution < -0.4 is 4.74 Å². The largest absolute Gasteiger partial charge is 0.495 e. The highest BCUT2D eigenvalue weighted by atomic mass is 32.1. The third-order valence-corrected chi connectivity index (χ3v) is 4.82. The molecule has 3 aromatic rings. The van der Waals surface area contributed by atoms with E-state index in [-0.39, 0.29) is 0 Å². The van der Waals surface area contributed by atoms with E-state index in [1.54, 1.807) is 30.6 Å². The van der Waals surface area contributed by atoms with Crippen molar-refractivity contribution in [2.45, 2.75) is 13.3 Å². The van der Waals surface area contributed by atoms with E-state index in [1.165, 1.54) is 5.56 Å². The van der Waals surface area contributed by atoms with Crippen molar-refractivity contribution in [1.82, 2.24) is 0 Å². The van der Waals surface area contributed by atoms with Crippen molar-refractivity contribution in [1.29, 1.82) is 0 Å². The molecule has 0 bridgehead atoms. The quantitative estimate of drug-likeness (QED) is 0.779. The number of rotatable bonds is 3. The molecule has 0 saturated heterocycles. The number of fused-ring (bicyclic) bond motifs is 3. The van der Waals surface area contributed by atoms with Gasteiger partial charge < -0.3 is 9.84 Å². The topological polar surface area (TPSA) is 46.5 Å². The van der Waals surface area contributed by atoms with E-state index in [4.69, 9.17) is 4.74 Å². The molecule has 102 valence electrons. The number of carboxylic acids is 1. The second-order valence-electron chi connectivity index (χ2n) is 4.57. The first-order chi connectivity index (χ1) is 9.67. The summed E-state index contributed by atoms with van der Waals surface area (Å²) >= 11 is 1.61. The summed E-state index contributed by atoms with van der Waals surface area (Å²) in [5.74, 6) is -0.174. The normalized spacial score (nSPS) is 11.1. The summed E-state index contributed by atoms with van der Waals surface area (Å²) in [6.45, 7) is 2.11. The van der Waals surface area contributed by atoms with Crippen LogP contribution in [0.1, 0.15) is 22.8 Å². The molecular formula is C16H14O3S. The number of methoxy groups -OCH3 is 1. The summed E-state index contributed by atoms with van der Waals surface area (Å²) in [6, 6.07) is 9.41. The molecule has 0 radical (unpaired) electrons. The molecule has 1 aromatic heterocycles. The lowest BCUT2D eigenvalue weighted by molar-refractivity contribution is 0.0699. The highest BCUT2D eigenvalue weighted by molar-refractivity contribution is 7.26. The Morgan fingerprint density at radius 2 is 2.05 bits per heavy atom. The van der Waals surface area contributed by atoms with Crippen molar-refractivity contribution in [3.63, 3.8) is 0 Å². The van der Waals surface area contributed by atoms with Gasteiger partial charge in [-0.2, -0.15) is 0 Å². The summed E-state index contributed by atoms with van der Waals surface area (Å²) in [5.41, 5.74) is 1.57. The number of aryl methyl sites for hydroxylation is 1. The summed E-state index contributed by atoms with van der Waals surface area (Å²) in [5, 5.41) is 11.2. The Hall–Kier alpha value is -2.07. The molecule has 4 heteroatoms. The lowest BCUT2D eigenvalue weighted by Gasteiger charge is -2.04.